The molecule has 2 amide bonds. The van der Waals surface area contributed by atoms with E-state index in [1.807, 2.05) is 18.2 Å². The van der Waals surface area contributed by atoms with Gasteiger partial charge in [-0.2, -0.15) is 0 Å². The first-order chi connectivity index (χ1) is 13.7. The lowest BCUT2D eigenvalue weighted by atomic mass is 9.81. The van der Waals surface area contributed by atoms with Gasteiger partial charge in [0, 0.05) is 23.6 Å². The van der Waals surface area contributed by atoms with Gasteiger partial charge in [-0.3, -0.25) is 9.59 Å². The van der Waals surface area contributed by atoms with E-state index in [0.717, 1.165) is 5.76 Å². The van der Waals surface area contributed by atoms with Crippen LogP contribution < -0.4 is 20.1 Å². The third kappa shape index (κ3) is 4.30. The van der Waals surface area contributed by atoms with Crippen molar-refractivity contribution >= 4 is 17.5 Å². The Morgan fingerprint density at radius 2 is 1.64 bits per heavy atom. The monoisotopic (exact) mass is 384 g/mol. The van der Waals surface area contributed by atoms with E-state index in [0.29, 0.717) is 62.6 Å². The van der Waals surface area contributed by atoms with Crippen molar-refractivity contribution in [3.05, 3.63) is 42.4 Å². The van der Waals surface area contributed by atoms with Crippen LogP contribution in [0.4, 0.5) is 5.69 Å². The molecule has 0 saturated heterocycles. The lowest BCUT2D eigenvalue weighted by Crippen LogP contribution is -2.35. The van der Waals surface area contributed by atoms with Crippen LogP contribution in [0.25, 0.3) is 0 Å². The van der Waals surface area contributed by atoms with E-state index in [-0.39, 0.29) is 23.7 Å². The number of hydrogen-bond acceptors (Lipinski definition) is 5. The Morgan fingerprint density at radius 3 is 2.36 bits per heavy atom. The highest BCUT2D eigenvalue weighted by Gasteiger charge is 2.30. The molecule has 0 spiro atoms. The maximum atomic E-state index is 12.6. The first kappa shape index (κ1) is 18.4. The molecule has 28 heavy (non-hydrogen) atoms. The summed E-state index contributed by atoms with van der Waals surface area (Å²) in [5.74, 6) is 1.98. The number of amides is 2. The molecular weight excluding hydrogens is 360 g/mol. The summed E-state index contributed by atoms with van der Waals surface area (Å²) in [7, 11) is 0. The number of anilines is 1. The Balaban J connectivity index is 1.25. The van der Waals surface area contributed by atoms with E-state index in [2.05, 4.69) is 10.6 Å². The number of carbonyl (C=O) groups excluding carboxylic acids is 2. The fourth-order valence-electron chi connectivity index (χ4n) is 3.71. The van der Waals surface area contributed by atoms with Gasteiger partial charge in [0.25, 0.3) is 0 Å². The highest BCUT2D eigenvalue weighted by Crippen LogP contribution is 2.34. The van der Waals surface area contributed by atoms with Crippen LogP contribution in [0.2, 0.25) is 0 Å². The summed E-state index contributed by atoms with van der Waals surface area (Å²) in [6.45, 7) is 1.45. The quantitative estimate of drug-likeness (QED) is 0.827. The minimum Gasteiger partial charge on any atom is -0.486 e. The first-order valence-corrected chi connectivity index (χ1v) is 9.69. The second-order valence-electron chi connectivity index (χ2n) is 7.19. The molecule has 1 aromatic heterocycles. The molecule has 1 aromatic carbocycles. The van der Waals surface area contributed by atoms with Crippen LogP contribution in [0.15, 0.2) is 41.0 Å². The Labute approximate surface area is 163 Å². The number of fused-ring (bicyclic) bond motifs is 1. The molecule has 2 N–H and O–H groups in total. The molecule has 7 nitrogen and oxygen atoms in total. The van der Waals surface area contributed by atoms with Gasteiger partial charge in [0.15, 0.2) is 11.5 Å². The molecule has 1 aliphatic heterocycles. The number of benzene rings is 1. The maximum Gasteiger partial charge on any atom is 0.227 e. The predicted molar refractivity (Wildman–Crippen MR) is 102 cm³/mol. The van der Waals surface area contributed by atoms with Crippen LogP contribution in [0, 0.1) is 11.8 Å². The normalized spacial score (nSPS) is 21.0. The average Bonchev–Trinajstić information content (AvgIpc) is 3.26. The second kappa shape index (κ2) is 8.37. The van der Waals surface area contributed by atoms with Gasteiger partial charge in [-0.1, -0.05) is 0 Å². The average molecular weight is 384 g/mol. The Bertz CT molecular complexity index is 825. The molecule has 7 heteroatoms. The van der Waals surface area contributed by atoms with E-state index >= 15 is 0 Å². The molecule has 0 atom stereocenters. The maximum absolute atomic E-state index is 12.6. The summed E-state index contributed by atoms with van der Waals surface area (Å²) in [6.07, 6.45) is 4.42. The standard InChI is InChI=1S/C21H24N2O5/c24-20(22-13-17-2-1-9-26-17)14-3-5-15(6-4-14)21(25)23-16-7-8-18-19(12-16)28-11-10-27-18/h1-2,7-9,12,14-15H,3-6,10-11,13H2,(H,22,24)(H,23,25). The van der Waals surface area contributed by atoms with Crippen LogP contribution in [-0.2, 0) is 16.1 Å². The van der Waals surface area contributed by atoms with Crippen LogP contribution in [0.3, 0.4) is 0 Å². The number of carbonyl (C=O) groups is 2. The van der Waals surface area contributed by atoms with Crippen molar-refractivity contribution in [1.82, 2.24) is 5.32 Å². The van der Waals surface area contributed by atoms with Crippen LogP contribution in [-0.4, -0.2) is 25.0 Å². The summed E-state index contributed by atoms with van der Waals surface area (Å²) >= 11 is 0. The van der Waals surface area contributed by atoms with E-state index < -0.39 is 0 Å². The SMILES string of the molecule is O=C(NCc1ccco1)C1CCC(C(=O)Nc2ccc3c(c2)OCCO3)CC1. The Kier molecular flexibility index (Phi) is 5.50. The Morgan fingerprint density at radius 1 is 0.929 bits per heavy atom. The van der Waals surface area contributed by atoms with E-state index in [1.165, 1.54) is 0 Å². The molecule has 0 bridgehead atoms. The van der Waals surface area contributed by atoms with E-state index in [9.17, 15) is 9.59 Å². The van der Waals surface area contributed by atoms with Crippen LogP contribution in [0.5, 0.6) is 11.5 Å². The summed E-state index contributed by atoms with van der Waals surface area (Å²) in [5, 5.41) is 5.87. The van der Waals surface area contributed by atoms with Gasteiger partial charge >= 0.3 is 0 Å². The van der Waals surface area contributed by atoms with Gasteiger partial charge in [0.1, 0.15) is 19.0 Å². The zero-order chi connectivity index (χ0) is 19.3. The predicted octanol–water partition coefficient (Wildman–Crippen LogP) is 3.11. The topological polar surface area (TPSA) is 89.8 Å². The van der Waals surface area contributed by atoms with Crippen molar-refractivity contribution in [1.29, 1.82) is 0 Å². The van der Waals surface area contributed by atoms with Gasteiger partial charge in [-0.25, -0.2) is 0 Å². The third-order valence-electron chi connectivity index (χ3n) is 5.30. The van der Waals surface area contributed by atoms with E-state index in [1.54, 1.807) is 18.4 Å². The van der Waals surface area contributed by atoms with Gasteiger partial charge in [-0.15, -0.1) is 0 Å². The molecule has 1 saturated carbocycles. The molecule has 1 fully saturated rings. The zero-order valence-electron chi connectivity index (χ0n) is 15.6. The van der Waals surface area contributed by atoms with Gasteiger partial charge in [-0.05, 0) is 49.9 Å². The van der Waals surface area contributed by atoms with E-state index in [4.69, 9.17) is 13.9 Å². The minimum absolute atomic E-state index is 0.00822. The van der Waals surface area contributed by atoms with Gasteiger partial charge < -0.3 is 24.5 Å². The molecule has 2 aliphatic rings. The Hall–Kier alpha value is -2.96. The molecule has 4 rings (SSSR count). The van der Waals surface area contributed by atoms with Gasteiger partial charge in [0.05, 0.1) is 12.8 Å². The molecular formula is C21H24N2O5. The number of rotatable bonds is 5. The fraction of sp³-hybridized carbons (Fsp3) is 0.429. The first-order valence-electron chi connectivity index (χ1n) is 9.69. The smallest absolute Gasteiger partial charge is 0.227 e. The number of hydrogen-bond donors (Lipinski definition) is 2. The summed E-state index contributed by atoms with van der Waals surface area (Å²) in [4.78, 5) is 24.9. The van der Waals surface area contributed by atoms with Crippen LogP contribution in [0.1, 0.15) is 31.4 Å². The van der Waals surface area contributed by atoms with Crippen molar-refractivity contribution in [2.24, 2.45) is 11.8 Å². The van der Waals surface area contributed by atoms with Crippen molar-refractivity contribution < 1.29 is 23.5 Å². The highest BCUT2D eigenvalue weighted by atomic mass is 16.6. The molecule has 1 aliphatic carbocycles. The molecule has 0 radical (unpaired) electrons. The van der Waals surface area contributed by atoms with Crippen molar-refractivity contribution in [3.8, 4) is 11.5 Å². The minimum atomic E-state index is -0.0812. The fourth-order valence-corrected chi connectivity index (χ4v) is 3.71. The summed E-state index contributed by atoms with van der Waals surface area (Å²) < 4.78 is 16.3. The van der Waals surface area contributed by atoms with Crippen molar-refractivity contribution in [2.45, 2.75) is 32.2 Å². The largest absolute Gasteiger partial charge is 0.486 e. The molecule has 2 heterocycles. The summed E-state index contributed by atoms with van der Waals surface area (Å²) in [5.41, 5.74) is 0.701. The molecule has 2 aromatic rings. The number of ether oxygens (including phenoxy) is 2. The van der Waals surface area contributed by atoms with Crippen molar-refractivity contribution in [2.75, 3.05) is 18.5 Å². The number of furan rings is 1. The lowest BCUT2D eigenvalue weighted by molar-refractivity contribution is -0.128. The lowest BCUT2D eigenvalue weighted by Gasteiger charge is -2.27. The molecule has 0 unspecified atom stereocenters. The van der Waals surface area contributed by atoms with Crippen molar-refractivity contribution in [3.63, 3.8) is 0 Å². The number of nitrogens with one attached hydrogen (secondary N) is 2. The van der Waals surface area contributed by atoms with Crippen LogP contribution >= 0.6 is 0 Å². The third-order valence-corrected chi connectivity index (χ3v) is 5.30. The second-order valence-corrected chi connectivity index (χ2v) is 7.19. The zero-order valence-corrected chi connectivity index (χ0v) is 15.6. The summed E-state index contributed by atoms with van der Waals surface area (Å²) in [6, 6.07) is 9.05. The molecule has 148 valence electrons. The highest BCUT2D eigenvalue weighted by molar-refractivity contribution is 5.93. The van der Waals surface area contributed by atoms with Gasteiger partial charge in [0.2, 0.25) is 11.8 Å².